The van der Waals surface area contributed by atoms with Gasteiger partial charge in [0.2, 0.25) is 0 Å². The lowest BCUT2D eigenvalue weighted by molar-refractivity contribution is 0.131. The average molecular weight is 290 g/mol. The molecule has 3 N–H and O–H groups in total. The number of aliphatic hydroxyl groups excluding tert-OH is 1. The van der Waals surface area contributed by atoms with Crippen LogP contribution in [0.25, 0.3) is 0 Å². The summed E-state index contributed by atoms with van der Waals surface area (Å²) in [5.41, 5.74) is 1.56. The van der Waals surface area contributed by atoms with E-state index in [0.717, 1.165) is 13.0 Å². The van der Waals surface area contributed by atoms with E-state index in [-0.39, 0.29) is 24.1 Å². The van der Waals surface area contributed by atoms with Crippen molar-refractivity contribution in [3.63, 3.8) is 0 Å². The summed E-state index contributed by atoms with van der Waals surface area (Å²) in [6.07, 6.45) is 5.21. The molecule has 0 unspecified atom stereocenters. The van der Waals surface area contributed by atoms with Crippen LogP contribution in [0.5, 0.6) is 0 Å². The van der Waals surface area contributed by atoms with Gasteiger partial charge in [-0.1, -0.05) is 36.8 Å². The molecule has 0 saturated heterocycles. The van der Waals surface area contributed by atoms with Crippen LogP contribution in [0.3, 0.4) is 0 Å². The van der Waals surface area contributed by atoms with Crippen molar-refractivity contribution in [1.29, 1.82) is 0 Å². The minimum absolute atomic E-state index is 0.00136. The van der Waals surface area contributed by atoms with Crippen molar-refractivity contribution in [2.45, 2.75) is 45.1 Å². The summed E-state index contributed by atoms with van der Waals surface area (Å²) in [5.74, 6) is 0. The van der Waals surface area contributed by atoms with E-state index in [9.17, 15) is 4.79 Å². The van der Waals surface area contributed by atoms with Crippen molar-refractivity contribution >= 4 is 6.03 Å². The molecule has 0 bridgehead atoms. The number of aliphatic hydroxyl groups is 1. The first-order chi connectivity index (χ1) is 10.1. The smallest absolute Gasteiger partial charge is 0.315 e. The molecule has 1 fully saturated rings. The normalized spacial score (nSPS) is 17.6. The lowest BCUT2D eigenvalue weighted by Gasteiger charge is -2.42. The van der Waals surface area contributed by atoms with Gasteiger partial charge in [-0.15, -0.1) is 0 Å². The minimum atomic E-state index is -0.129. The first-order valence-electron chi connectivity index (χ1n) is 7.83. The summed E-state index contributed by atoms with van der Waals surface area (Å²) in [6.45, 7) is 2.72. The molecule has 2 amide bonds. The highest BCUT2D eigenvalue weighted by atomic mass is 16.3. The second-order valence-corrected chi connectivity index (χ2v) is 6.26. The molecule has 0 aromatic heterocycles. The van der Waals surface area contributed by atoms with E-state index in [1.54, 1.807) is 0 Å². The Kier molecular flexibility index (Phi) is 5.62. The number of hydrogen-bond acceptors (Lipinski definition) is 2. The molecule has 21 heavy (non-hydrogen) atoms. The van der Waals surface area contributed by atoms with Crippen molar-refractivity contribution in [2.24, 2.45) is 5.41 Å². The Balaban J connectivity index is 1.81. The summed E-state index contributed by atoms with van der Waals surface area (Å²) in [5, 5.41) is 14.7. The second-order valence-electron chi connectivity index (χ2n) is 6.26. The maximum Gasteiger partial charge on any atom is 0.315 e. The average Bonchev–Trinajstić information content (AvgIpc) is 2.43. The number of rotatable bonds is 7. The fourth-order valence-corrected chi connectivity index (χ4v) is 2.93. The van der Waals surface area contributed by atoms with Crippen LogP contribution in [0, 0.1) is 5.41 Å². The van der Waals surface area contributed by atoms with E-state index in [2.05, 4.69) is 34.9 Å². The van der Waals surface area contributed by atoms with E-state index in [4.69, 9.17) is 5.11 Å². The van der Waals surface area contributed by atoms with Crippen molar-refractivity contribution in [1.82, 2.24) is 10.6 Å². The van der Waals surface area contributed by atoms with Crippen molar-refractivity contribution in [3.05, 3.63) is 35.9 Å². The monoisotopic (exact) mass is 290 g/mol. The lowest BCUT2D eigenvalue weighted by atomic mass is 9.65. The summed E-state index contributed by atoms with van der Waals surface area (Å²) >= 11 is 0. The number of benzene rings is 1. The molecule has 0 heterocycles. The fourth-order valence-electron chi connectivity index (χ4n) is 2.93. The molecule has 4 nitrogen and oxygen atoms in total. The van der Waals surface area contributed by atoms with Gasteiger partial charge in [0.05, 0.1) is 0 Å². The number of nitrogens with one attached hydrogen (secondary N) is 2. The van der Waals surface area contributed by atoms with Crippen LogP contribution in [0.15, 0.2) is 30.3 Å². The van der Waals surface area contributed by atoms with Crippen LogP contribution < -0.4 is 10.6 Å². The molecule has 1 aliphatic rings. The first-order valence-corrected chi connectivity index (χ1v) is 7.83. The Morgan fingerprint density at radius 3 is 2.62 bits per heavy atom. The number of carbonyl (C=O) groups excluding carboxylic acids is 1. The van der Waals surface area contributed by atoms with E-state index in [1.807, 2.05) is 13.0 Å². The minimum Gasteiger partial charge on any atom is -0.396 e. The summed E-state index contributed by atoms with van der Waals surface area (Å²) in [4.78, 5) is 11.9. The molecule has 1 aromatic rings. The Hall–Kier alpha value is -1.55. The van der Waals surface area contributed by atoms with Crippen LogP contribution in [-0.2, 0) is 6.42 Å². The number of amides is 2. The second kappa shape index (κ2) is 7.46. The number of urea groups is 1. The van der Waals surface area contributed by atoms with Crippen LogP contribution >= 0.6 is 0 Å². The summed E-state index contributed by atoms with van der Waals surface area (Å²) in [6, 6.07) is 10.4. The van der Waals surface area contributed by atoms with Gasteiger partial charge in [0.25, 0.3) is 0 Å². The summed E-state index contributed by atoms with van der Waals surface area (Å²) < 4.78 is 0. The molecule has 0 spiro atoms. The zero-order chi connectivity index (χ0) is 15.1. The lowest BCUT2D eigenvalue weighted by Crippen LogP contribution is -2.48. The predicted molar refractivity (Wildman–Crippen MR) is 84.1 cm³/mol. The molecule has 4 heteroatoms. The molecular weight excluding hydrogens is 264 g/mol. The summed E-state index contributed by atoms with van der Waals surface area (Å²) in [7, 11) is 0. The molecule has 116 valence electrons. The Morgan fingerprint density at radius 1 is 1.33 bits per heavy atom. The van der Waals surface area contributed by atoms with Gasteiger partial charge >= 0.3 is 6.03 Å². The van der Waals surface area contributed by atoms with Crippen LogP contribution in [-0.4, -0.2) is 30.3 Å². The quantitative estimate of drug-likeness (QED) is 0.722. The van der Waals surface area contributed by atoms with Crippen molar-refractivity contribution in [3.8, 4) is 0 Å². The van der Waals surface area contributed by atoms with Gasteiger partial charge in [0, 0.05) is 19.2 Å². The molecule has 2 rings (SSSR count). The van der Waals surface area contributed by atoms with E-state index >= 15 is 0 Å². The van der Waals surface area contributed by atoms with E-state index in [1.165, 1.54) is 24.8 Å². The largest absolute Gasteiger partial charge is 0.396 e. The van der Waals surface area contributed by atoms with Crippen molar-refractivity contribution < 1.29 is 9.90 Å². The predicted octanol–water partition coefficient (Wildman–Crippen LogP) is 2.47. The molecule has 1 aliphatic carbocycles. The standard InChI is InChI=1S/C17H26N2O2/c1-14(8-11-20)19-16(21)18-13-17(9-5-10-17)12-15-6-3-2-4-7-15/h2-4,6-7,14,20H,5,8-13H2,1H3,(H2,18,19,21)/t14-/m1/s1. The van der Waals surface area contributed by atoms with Crippen LogP contribution in [0.4, 0.5) is 4.79 Å². The third-order valence-corrected chi connectivity index (χ3v) is 4.40. The van der Waals surface area contributed by atoms with Gasteiger partial charge in [0.15, 0.2) is 0 Å². The SMILES string of the molecule is C[C@H](CCO)NC(=O)NCC1(Cc2ccccc2)CCC1. The van der Waals surface area contributed by atoms with Gasteiger partial charge in [-0.3, -0.25) is 0 Å². The Labute approximate surface area is 126 Å². The third-order valence-electron chi connectivity index (χ3n) is 4.40. The zero-order valence-corrected chi connectivity index (χ0v) is 12.8. The maximum atomic E-state index is 11.9. The fraction of sp³-hybridized carbons (Fsp3) is 0.588. The number of hydrogen-bond donors (Lipinski definition) is 3. The third kappa shape index (κ3) is 4.74. The van der Waals surface area contributed by atoms with E-state index < -0.39 is 0 Å². The molecule has 1 saturated carbocycles. The Bertz CT molecular complexity index is 443. The van der Waals surface area contributed by atoms with Gasteiger partial charge in [0.1, 0.15) is 0 Å². The molecular formula is C17H26N2O2. The van der Waals surface area contributed by atoms with Gasteiger partial charge in [-0.2, -0.15) is 0 Å². The highest BCUT2D eigenvalue weighted by Crippen LogP contribution is 2.43. The maximum absolute atomic E-state index is 11.9. The van der Waals surface area contributed by atoms with Gasteiger partial charge in [-0.05, 0) is 43.6 Å². The Morgan fingerprint density at radius 2 is 2.05 bits per heavy atom. The van der Waals surface area contributed by atoms with E-state index in [0.29, 0.717) is 6.42 Å². The first kappa shape index (κ1) is 15.8. The molecule has 0 aliphatic heterocycles. The highest BCUT2D eigenvalue weighted by Gasteiger charge is 2.37. The van der Waals surface area contributed by atoms with Crippen LogP contribution in [0.2, 0.25) is 0 Å². The molecule has 1 atom stereocenters. The van der Waals surface area contributed by atoms with Crippen LogP contribution in [0.1, 0.15) is 38.2 Å². The van der Waals surface area contributed by atoms with Crippen molar-refractivity contribution in [2.75, 3.05) is 13.2 Å². The van der Waals surface area contributed by atoms with Gasteiger partial charge in [-0.25, -0.2) is 4.79 Å². The molecule has 0 radical (unpaired) electrons. The molecule has 1 aromatic carbocycles. The van der Waals surface area contributed by atoms with Gasteiger partial charge < -0.3 is 15.7 Å². The zero-order valence-electron chi connectivity index (χ0n) is 12.8. The highest BCUT2D eigenvalue weighted by molar-refractivity contribution is 5.74. The topological polar surface area (TPSA) is 61.4 Å². The number of carbonyl (C=O) groups is 1.